The van der Waals surface area contributed by atoms with Crippen LogP contribution in [0.5, 0.6) is 0 Å². The minimum atomic E-state index is -2.08. The molecule has 0 fully saturated rings. The molecule has 3 heteroatoms. The normalized spacial score (nSPS) is 13.1. The summed E-state index contributed by atoms with van der Waals surface area (Å²) < 4.78 is 1.06. The summed E-state index contributed by atoms with van der Waals surface area (Å²) in [7, 11) is -2.08. The van der Waals surface area contributed by atoms with Crippen LogP contribution in [0.3, 0.4) is 0 Å². The van der Waals surface area contributed by atoms with Gasteiger partial charge in [-0.2, -0.15) is 0 Å². The van der Waals surface area contributed by atoms with Crippen LogP contribution in [0.25, 0.3) is 0 Å². The summed E-state index contributed by atoms with van der Waals surface area (Å²) >= 11 is 3.35. The monoisotopic (exact) mass is 234 g/mol. The molecule has 0 atom stereocenters. The van der Waals surface area contributed by atoms with Gasteiger partial charge < -0.3 is 0 Å². The second-order valence-electron chi connectivity index (χ2n) is 3.07. The van der Waals surface area contributed by atoms with Crippen LogP contribution in [0.1, 0.15) is 0 Å². The number of rotatable bonds is 1. The second-order valence-corrected chi connectivity index (χ2v) is 7.68. The van der Waals surface area contributed by atoms with E-state index in [1.54, 1.807) is 0 Å². The fraction of sp³-hybridized carbons (Fsp3) is 0.250. The van der Waals surface area contributed by atoms with Crippen molar-refractivity contribution in [2.75, 3.05) is 13.3 Å². The van der Waals surface area contributed by atoms with E-state index < -0.39 is 7.49 Å². The van der Waals surface area contributed by atoms with E-state index in [0.29, 0.717) is 0 Å². The van der Waals surface area contributed by atoms with Gasteiger partial charge in [0.15, 0.2) is 0 Å². The standard InChI is InChI=1S/C8H12BrOP/c1-11(2,10)8-5-3-7(9)4-6-8/h3-6,10-11H,1-2H3. The molecule has 0 aliphatic rings. The molecule has 11 heavy (non-hydrogen) atoms. The van der Waals surface area contributed by atoms with Gasteiger partial charge in [0.05, 0.1) is 0 Å². The van der Waals surface area contributed by atoms with E-state index in [0.717, 1.165) is 9.78 Å². The summed E-state index contributed by atoms with van der Waals surface area (Å²) in [6.45, 7) is 3.83. The molecule has 0 heterocycles. The van der Waals surface area contributed by atoms with Crippen molar-refractivity contribution in [3.63, 3.8) is 0 Å². The van der Waals surface area contributed by atoms with Gasteiger partial charge in [-0.05, 0) is 0 Å². The molecule has 0 bridgehead atoms. The average Bonchev–Trinajstić information content (AvgIpc) is 1.86. The Hall–Kier alpha value is 0.0900. The first kappa shape index (κ1) is 9.18. The Morgan fingerprint density at radius 1 is 1.18 bits per heavy atom. The van der Waals surface area contributed by atoms with E-state index in [1.165, 1.54) is 0 Å². The third-order valence-corrected chi connectivity index (χ3v) is 3.83. The van der Waals surface area contributed by atoms with Crippen LogP contribution >= 0.6 is 23.4 Å². The van der Waals surface area contributed by atoms with Crippen molar-refractivity contribution in [1.82, 2.24) is 0 Å². The van der Waals surface area contributed by atoms with E-state index in [4.69, 9.17) is 0 Å². The second kappa shape index (κ2) is 3.22. The fourth-order valence-electron chi connectivity index (χ4n) is 0.858. The molecule has 1 rings (SSSR count). The van der Waals surface area contributed by atoms with Gasteiger partial charge in [-0.15, -0.1) is 0 Å². The quantitative estimate of drug-likeness (QED) is 0.738. The first-order valence-corrected chi connectivity index (χ1v) is 7.22. The van der Waals surface area contributed by atoms with Crippen LogP contribution in [0.4, 0.5) is 0 Å². The van der Waals surface area contributed by atoms with E-state index in [1.807, 2.05) is 37.6 Å². The molecule has 62 valence electrons. The predicted molar refractivity (Wildman–Crippen MR) is 56.2 cm³/mol. The summed E-state index contributed by atoms with van der Waals surface area (Å²) in [4.78, 5) is 9.70. The first-order valence-electron chi connectivity index (χ1n) is 3.48. The molecule has 1 nitrogen and oxygen atoms in total. The van der Waals surface area contributed by atoms with E-state index in [9.17, 15) is 4.89 Å². The molecule has 1 aromatic rings. The van der Waals surface area contributed by atoms with Crippen molar-refractivity contribution in [3.05, 3.63) is 28.7 Å². The summed E-state index contributed by atoms with van der Waals surface area (Å²) in [6.07, 6.45) is 0. The third kappa shape index (κ3) is 2.55. The summed E-state index contributed by atoms with van der Waals surface area (Å²) in [5.74, 6) is 0. The van der Waals surface area contributed by atoms with Crippen LogP contribution in [0.15, 0.2) is 28.7 Å². The van der Waals surface area contributed by atoms with Crippen molar-refractivity contribution in [2.24, 2.45) is 0 Å². The van der Waals surface area contributed by atoms with Crippen molar-refractivity contribution < 1.29 is 4.89 Å². The van der Waals surface area contributed by atoms with Crippen molar-refractivity contribution in [1.29, 1.82) is 0 Å². The number of benzene rings is 1. The topological polar surface area (TPSA) is 20.2 Å². The Labute approximate surface area is 76.0 Å². The average molecular weight is 235 g/mol. The Bertz CT molecular complexity index is 237. The van der Waals surface area contributed by atoms with Gasteiger partial charge in [-0.25, -0.2) is 0 Å². The molecule has 0 saturated heterocycles. The molecule has 0 amide bonds. The molecule has 0 saturated carbocycles. The Balaban J connectivity index is 2.99. The third-order valence-electron chi connectivity index (χ3n) is 1.55. The minimum absolute atomic E-state index is 1.06. The molecule has 0 spiro atoms. The molecule has 0 aromatic heterocycles. The van der Waals surface area contributed by atoms with Crippen LogP contribution in [0, 0.1) is 0 Å². The predicted octanol–water partition coefficient (Wildman–Crippen LogP) is 1.99. The van der Waals surface area contributed by atoms with Crippen LogP contribution in [0.2, 0.25) is 0 Å². The Morgan fingerprint density at radius 2 is 1.64 bits per heavy atom. The molecule has 0 unspecified atom stereocenters. The van der Waals surface area contributed by atoms with Crippen molar-refractivity contribution >= 4 is 28.7 Å². The number of halogens is 1. The van der Waals surface area contributed by atoms with E-state index in [2.05, 4.69) is 15.9 Å². The molecule has 0 aliphatic heterocycles. The molecule has 1 N–H and O–H groups in total. The molecule has 0 radical (unpaired) electrons. The zero-order valence-electron chi connectivity index (χ0n) is 6.63. The summed E-state index contributed by atoms with van der Waals surface area (Å²) in [5.41, 5.74) is 0. The van der Waals surface area contributed by atoms with Crippen molar-refractivity contribution in [2.45, 2.75) is 0 Å². The zero-order chi connectivity index (χ0) is 8.48. The van der Waals surface area contributed by atoms with Crippen LogP contribution in [-0.4, -0.2) is 18.2 Å². The van der Waals surface area contributed by atoms with Gasteiger partial charge in [-0.1, -0.05) is 0 Å². The van der Waals surface area contributed by atoms with Gasteiger partial charge in [0.2, 0.25) is 0 Å². The van der Waals surface area contributed by atoms with Gasteiger partial charge in [-0.3, -0.25) is 0 Å². The zero-order valence-corrected chi connectivity index (χ0v) is 9.22. The first-order chi connectivity index (χ1) is 5.00. The van der Waals surface area contributed by atoms with Gasteiger partial charge >= 0.3 is 75.7 Å². The van der Waals surface area contributed by atoms with E-state index in [-0.39, 0.29) is 0 Å². The Kier molecular flexibility index (Phi) is 2.69. The van der Waals surface area contributed by atoms with Crippen LogP contribution < -0.4 is 5.30 Å². The maximum absolute atomic E-state index is 9.70. The van der Waals surface area contributed by atoms with Gasteiger partial charge in [0, 0.05) is 0 Å². The van der Waals surface area contributed by atoms with Gasteiger partial charge in [0.25, 0.3) is 0 Å². The van der Waals surface area contributed by atoms with E-state index >= 15 is 0 Å². The number of hydrogen-bond donors (Lipinski definition) is 1. The van der Waals surface area contributed by atoms with Gasteiger partial charge in [0.1, 0.15) is 0 Å². The molecular weight excluding hydrogens is 223 g/mol. The van der Waals surface area contributed by atoms with Crippen LogP contribution in [-0.2, 0) is 0 Å². The molecule has 0 aliphatic carbocycles. The number of hydrogen-bond acceptors (Lipinski definition) is 1. The van der Waals surface area contributed by atoms with Crippen molar-refractivity contribution in [3.8, 4) is 0 Å². The molecular formula is C8H12BrOP. The summed E-state index contributed by atoms with van der Waals surface area (Å²) in [6, 6.07) is 7.85. The summed E-state index contributed by atoms with van der Waals surface area (Å²) in [5, 5.41) is 1.07. The maximum atomic E-state index is 9.70. The molecule has 1 aromatic carbocycles. The fourth-order valence-corrected chi connectivity index (χ4v) is 2.10. The SMILES string of the molecule is C[PH](C)(O)c1ccc(Br)cc1. The Morgan fingerprint density at radius 3 is 2.00 bits per heavy atom.